The highest BCUT2D eigenvalue weighted by Crippen LogP contribution is 2.44. The van der Waals surface area contributed by atoms with Crippen molar-refractivity contribution in [3.8, 4) is 11.1 Å². The number of carbonyl (C=O) groups is 2. The van der Waals surface area contributed by atoms with Crippen LogP contribution in [-0.4, -0.2) is 32.3 Å². The zero-order valence-electron chi connectivity index (χ0n) is 18.6. The summed E-state index contributed by atoms with van der Waals surface area (Å²) in [7, 11) is 1.38. The van der Waals surface area contributed by atoms with Gasteiger partial charge >= 0.3 is 12.1 Å². The van der Waals surface area contributed by atoms with Gasteiger partial charge in [0.25, 0.3) is 0 Å². The fourth-order valence-corrected chi connectivity index (χ4v) is 4.17. The van der Waals surface area contributed by atoms with Gasteiger partial charge < -0.3 is 14.8 Å². The Hall–Kier alpha value is -3.86. The quantitative estimate of drug-likeness (QED) is 0.378. The summed E-state index contributed by atoms with van der Waals surface area (Å²) in [5.74, 6) is -0.205. The number of hydrogen-bond donors (Lipinski definition) is 1. The number of benzene rings is 3. The maximum Gasteiger partial charge on any atom is 0.407 e. The van der Waals surface area contributed by atoms with Crippen LogP contribution in [0.1, 0.15) is 34.6 Å². The Morgan fingerprint density at radius 2 is 1.64 bits per heavy atom. The molecule has 3 aromatic carbocycles. The normalized spacial score (nSPS) is 12.3. The molecule has 0 aliphatic heterocycles. The molecule has 0 atom stereocenters. The predicted molar refractivity (Wildman–Crippen MR) is 129 cm³/mol. The van der Waals surface area contributed by atoms with Crippen LogP contribution in [0.3, 0.4) is 0 Å². The van der Waals surface area contributed by atoms with Crippen molar-refractivity contribution in [3.63, 3.8) is 0 Å². The number of amides is 1. The second-order valence-electron chi connectivity index (χ2n) is 7.94. The molecule has 0 spiro atoms. The molecule has 0 aromatic heterocycles. The van der Waals surface area contributed by atoms with Gasteiger partial charge in [0.15, 0.2) is 0 Å². The third-order valence-corrected chi connectivity index (χ3v) is 5.76. The molecule has 0 fully saturated rings. The number of esters is 1. The first-order valence-electron chi connectivity index (χ1n) is 11.1. The molecular formula is C28H27NO4. The van der Waals surface area contributed by atoms with Crippen molar-refractivity contribution in [2.24, 2.45) is 0 Å². The molecule has 5 nitrogen and oxygen atoms in total. The molecule has 0 unspecified atom stereocenters. The van der Waals surface area contributed by atoms with Gasteiger partial charge in [-0.25, -0.2) is 4.79 Å². The molecule has 1 aliphatic carbocycles. The average Bonchev–Trinajstić information content (AvgIpc) is 3.16. The van der Waals surface area contributed by atoms with Gasteiger partial charge in [-0.3, -0.25) is 4.79 Å². The summed E-state index contributed by atoms with van der Waals surface area (Å²) in [6.45, 7) is 0.789. The molecule has 4 rings (SSSR count). The topological polar surface area (TPSA) is 64.6 Å². The largest absolute Gasteiger partial charge is 0.469 e. The van der Waals surface area contributed by atoms with Gasteiger partial charge in [-0.05, 0) is 39.8 Å². The minimum atomic E-state index is -0.412. The van der Waals surface area contributed by atoms with E-state index >= 15 is 0 Å². The Kier molecular flexibility index (Phi) is 7.20. The zero-order valence-corrected chi connectivity index (χ0v) is 18.6. The first-order chi connectivity index (χ1) is 16.2. The maximum absolute atomic E-state index is 12.2. The van der Waals surface area contributed by atoms with Crippen LogP contribution >= 0.6 is 0 Å². The van der Waals surface area contributed by atoms with E-state index in [0.29, 0.717) is 19.6 Å². The molecule has 168 valence electrons. The number of carbonyl (C=O) groups excluding carboxylic acids is 2. The van der Waals surface area contributed by atoms with Gasteiger partial charge in [0.2, 0.25) is 0 Å². The Bertz CT molecular complexity index is 1120. The summed E-state index contributed by atoms with van der Waals surface area (Å²) in [6, 6.07) is 24.3. The highest BCUT2D eigenvalue weighted by Gasteiger charge is 2.28. The van der Waals surface area contributed by atoms with Crippen molar-refractivity contribution in [1.82, 2.24) is 5.32 Å². The van der Waals surface area contributed by atoms with E-state index in [-0.39, 0.29) is 18.3 Å². The molecule has 5 heteroatoms. The van der Waals surface area contributed by atoms with Crippen molar-refractivity contribution in [2.75, 3.05) is 20.3 Å². The van der Waals surface area contributed by atoms with E-state index in [9.17, 15) is 9.59 Å². The predicted octanol–water partition coefficient (Wildman–Crippen LogP) is 5.34. The minimum absolute atomic E-state index is 0.0558. The summed E-state index contributed by atoms with van der Waals surface area (Å²) < 4.78 is 10.3. The molecule has 0 bridgehead atoms. The second-order valence-corrected chi connectivity index (χ2v) is 7.94. The van der Waals surface area contributed by atoms with E-state index in [1.54, 1.807) is 0 Å². The van der Waals surface area contributed by atoms with Crippen molar-refractivity contribution in [2.45, 2.75) is 18.8 Å². The summed E-state index contributed by atoms with van der Waals surface area (Å²) >= 11 is 0. The summed E-state index contributed by atoms with van der Waals surface area (Å²) in [4.78, 5) is 23.7. The van der Waals surface area contributed by atoms with Crippen molar-refractivity contribution in [1.29, 1.82) is 0 Å². The van der Waals surface area contributed by atoms with Crippen molar-refractivity contribution >= 4 is 18.1 Å². The van der Waals surface area contributed by atoms with Crippen LogP contribution in [-0.2, 0) is 20.7 Å². The van der Waals surface area contributed by atoms with Crippen LogP contribution in [0, 0.1) is 0 Å². The van der Waals surface area contributed by atoms with Crippen LogP contribution in [0.5, 0.6) is 0 Å². The van der Waals surface area contributed by atoms with Gasteiger partial charge in [0.05, 0.1) is 13.5 Å². The molecular weight excluding hydrogens is 414 g/mol. The summed E-state index contributed by atoms with van der Waals surface area (Å²) in [5.41, 5.74) is 6.72. The number of nitrogens with one attached hydrogen (secondary N) is 1. The number of rotatable bonds is 8. The molecule has 1 aliphatic rings. The Morgan fingerprint density at radius 3 is 2.33 bits per heavy atom. The first kappa shape index (κ1) is 22.3. The minimum Gasteiger partial charge on any atom is -0.469 e. The van der Waals surface area contributed by atoms with Gasteiger partial charge in [-0.1, -0.05) is 84.9 Å². The van der Waals surface area contributed by atoms with E-state index in [4.69, 9.17) is 9.47 Å². The number of hydrogen-bond acceptors (Lipinski definition) is 4. The maximum atomic E-state index is 12.2. The Morgan fingerprint density at radius 1 is 0.939 bits per heavy atom. The van der Waals surface area contributed by atoms with Gasteiger partial charge in [0.1, 0.15) is 6.61 Å². The highest BCUT2D eigenvalue weighted by molar-refractivity contribution is 5.79. The van der Waals surface area contributed by atoms with Crippen LogP contribution < -0.4 is 5.32 Å². The van der Waals surface area contributed by atoms with Crippen molar-refractivity contribution < 1.29 is 19.1 Å². The van der Waals surface area contributed by atoms with E-state index in [1.165, 1.54) is 29.4 Å². The standard InChI is InChI=1S/C28H27NO4/c1-32-27(30)18-21-11-8-10-20(17-21)9-6-7-16-29-28(31)33-19-26-24-14-4-2-12-22(24)23-13-3-5-15-25(23)26/h2-6,8-15,17,26H,7,16,18-19H2,1H3,(H,29,31). The lowest BCUT2D eigenvalue weighted by atomic mass is 9.98. The van der Waals surface area contributed by atoms with E-state index in [0.717, 1.165) is 11.1 Å². The molecule has 0 saturated carbocycles. The van der Waals surface area contributed by atoms with Crippen molar-refractivity contribution in [3.05, 3.63) is 101 Å². The molecule has 0 saturated heterocycles. The summed E-state index contributed by atoms with van der Waals surface area (Å²) in [5, 5.41) is 2.81. The lowest BCUT2D eigenvalue weighted by Gasteiger charge is -2.14. The summed E-state index contributed by atoms with van der Waals surface area (Å²) in [6.07, 6.45) is 4.47. The van der Waals surface area contributed by atoms with Gasteiger partial charge in [-0.15, -0.1) is 0 Å². The first-order valence-corrected chi connectivity index (χ1v) is 11.1. The number of fused-ring (bicyclic) bond motifs is 3. The Labute approximate surface area is 194 Å². The third kappa shape index (κ3) is 5.50. The molecule has 33 heavy (non-hydrogen) atoms. The molecule has 1 N–H and O–H groups in total. The third-order valence-electron chi connectivity index (χ3n) is 5.76. The van der Waals surface area contributed by atoms with Crippen LogP contribution in [0.4, 0.5) is 4.79 Å². The molecule has 1 amide bonds. The number of ether oxygens (including phenoxy) is 2. The van der Waals surface area contributed by atoms with Gasteiger partial charge in [0, 0.05) is 12.5 Å². The molecule has 0 heterocycles. The number of methoxy groups -OCH3 is 1. The fourth-order valence-electron chi connectivity index (χ4n) is 4.17. The SMILES string of the molecule is COC(=O)Cc1cccc(C=CCCNC(=O)OCC2c3ccccc3-c3ccccc32)c1. The zero-order chi connectivity index (χ0) is 23.0. The van der Waals surface area contributed by atoms with Crippen LogP contribution in [0.2, 0.25) is 0 Å². The Balaban J connectivity index is 1.24. The second kappa shape index (κ2) is 10.6. The highest BCUT2D eigenvalue weighted by atomic mass is 16.5. The van der Waals surface area contributed by atoms with E-state index in [1.807, 2.05) is 60.7 Å². The lowest BCUT2D eigenvalue weighted by Crippen LogP contribution is -2.26. The van der Waals surface area contributed by atoms with E-state index in [2.05, 4.69) is 29.6 Å². The van der Waals surface area contributed by atoms with Gasteiger partial charge in [-0.2, -0.15) is 0 Å². The van der Waals surface area contributed by atoms with Crippen LogP contribution in [0.25, 0.3) is 17.2 Å². The van der Waals surface area contributed by atoms with Crippen LogP contribution in [0.15, 0.2) is 78.9 Å². The smallest absolute Gasteiger partial charge is 0.407 e. The van der Waals surface area contributed by atoms with E-state index < -0.39 is 6.09 Å². The molecule has 3 aromatic rings. The lowest BCUT2D eigenvalue weighted by molar-refractivity contribution is -0.139. The molecule has 0 radical (unpaired) electrons. The monoisotopic (exact) mass is 441 g/mol. The fraction of sp³-hybridized carbons (Fsp3) is 0.214. The average molecular weight is 442 g/mol. The number of alkyl carbamates (subject to hydrolysis) is 1.